The van der Waals surface area contributed by atoms with E-state index in [0.29, 0.717) is 26.2 Å². The summed E-state index contributed by atoms with van der Waals surface area (Å²) in [6.07, 6.45) is 1.14. The average Bonchev–Trinajstić information content (AvgIpc) is 1.89. The highest BCUT2D eigenvalue weighted by molar-refractivity contribution is 5.49. The molecule has 0 radical (unpaired) electrons. The number of aldehydes is 1. The van der Waals surface area contributed by atoms with E-state index >= 15 is 0 Å². The lowest BCUT2D eigenvalue weighted by molar-refractivity contribution is -0.291. The maximum Gasteiger partial charge on any atom is 0.122 e. The summed E-state index contributed by atoms with van der Waals surface area (Å²) in [7, 11) is 0. The highest BCUT2D eigenvalue weighted by atomic mass is 17.2. The lowest BCUT2D eigenvalue weighted by atomic mass is 10.5. The Kier molecular flexibility index (Phi) is 7.17. The molecule has 0 aliphatic rings. The summed E-state index contributed by atoms with van der Waals surface area (Å²) < 4.78 is 0. The van der Waals surface area contributed by atoms with Gasteiger partial charge in [-0.15, -0.1) is 0 Å². The Morgan fingerprint density at radius 3 is 2.56 bits per heavy atom. The molecule has 0 aliphatic heterocycles. The van der Waals surface area contributed by atoms with Crippen LogP contribution in [0, 0.1) is 0 Å². The van der Waals surface area contributed by atoms with E-state index in [1.54, 1.807) is 0 Å². The van der Waals surface area contributed by atoms with E-state index in [1.807, 2.05) is 0 Å². The van der Waals surface area contributed by atoms with Crippen molar-refractivity contribution in [2.24, 2.45) is 5.73 Å². The highest BCUT2D eigenvalue weighted by Crippen LogP contribution is 1.78. The number of carbonyl (C=O) groups is 1. The minimum atomic E-state index is 0.309. The smallest absolute Gasteiger partial charge is 0.122 e. The summed E-state index contributed by atoms with van der Waals surface area (Å²) in [5, 5.41) is 0. The van der Waals surface area contributed by atoms with Crippen molar-refractivity contribution in [1.29, 1.82) is 0 Å². The number of nitrogens with two attached hydrogens (primary N) is 1. The van der Waals surface area contributed by atoms with Crippen molar-refractivity contribution in [1.82, 2.24) is 0 Å². The van der Waals surface area contributed by atoms with Gasteiger partial charge in [0.15, 0.2) is 0 Å². The van der Waals surface area contributed by atoms with Crippen LogP contribution in [-0.2, 0) is 14.6 Å². The van der Waals surface area contributed by atoms with Crippen LogP contribution in [0.25, 0.3) is 0 Å². The fraction of sp³-hybridized carbons (Fsp3) is 0.800. The monoisotopic (exact) mass is 133 g/mol. The summed E-state index contributed by atoms with van der Waals surface area (Å²) in [5.74, 6) is 0. The van der Waals surface area contributed by atoms with E-state index in [1.165, 1.54) is 0 Å². The van der Waals surface area contributed by atoms with E-state index in [2.05, 4.69) is 9.78 Å². The molecule has 0 bridgehead atoms. The van der Waals surface area contributed by atoms with Crippen LogP contribution >= 0.6 is 0 Å². The third-order valence-corrected chi connectivity index (χ3v) is 0.604. The van der Waals surface area contributed by atoms with Gasteiger partial charge in [-0.2, -0.15) is 0 Å². The van der Waals surface area contributed by atoms with Crippen molar-refractivity contribution in [2.45, 2.75) is 6.42 Å². The number of hydrogen-bond acceptors (Lipinski definition) is 4. The van der Waals surface area contributed by atoms with Crippen LogP contribution in [0.1, 0.15) is 6.42 Å². The molecule has 4 heteroatoms. The molecule has 0 spiro atoms. The number of hydrogen-bond donors (Lipinski definition) is 1. The molecule has 4 nitrogen and oxygen atoms in total. The minimum Gasteiger partial charge on any atom is -0.328 e. The molecule has 2 N–H and O–H groups in total. The number of rotatable bonds is 6. The second-order valence-electron chi connectivity index (χ2n) is 1.39. The Labute approximate surface area is 53.9 Å². The standard InChI is InChI=1S/C5H11NO3/c6-2-5-9-8-4-1-3-7/h3H,1-2,4-6H2. The van der Waals surface area contributed by atoms with Crippen LogP contribution in [0.2, 0.25) is 0 Å². The molecule has 0 saturated heterocycles. The first-order valence-corrected chi connectivity index (χ1v) is 2.80. The molecule has 0 saturated carbocycles. The predicted molar refractivity (Wildman–Crippen MR) is 31.6 cm³/mol. The Balaban J connectivity index is 2.66. The van der Waals surface area contributed by atoms with Gasteiger partial charge in [-0.3, -0.25) is 0 Å². The van der Waals surface area contributed by atoms with Gasteiger partial charge in [-0.05, 0) is 0 Å². The second-order valence-corrected chi connectivity index (χ2v) is 1.39. The van der Waals surface area contributed by atoms with Crippen molar-refractivity contribution in [3.05, 3.63) is 0 Å². The van der Waals surface area contributed by atoms with Crippen LogP contribution in [0.4, 0.5) is 0 Å². The van der Waals surface area contributed by atoms with Gasteiger partial charge in [0, 0.05) is 13.0 Å². The van der Waals surface area contributed by atoms with Gasteiger partial charge in [0.1, 0.15) is 6.29 Å². The molecule has 0 aromatic heterocycles. The fourth-order valence-corrected chi connectivity index (χ4v) is 0.262. The summed E-state index contributed by atoms with van der Waals surface area (Å²) in [5.41, 5.74) is 5.07. The molecule has 54 valence electrons. The molecule has 0 unspecified atom stereocenters. The van der Waals surface area contributed by atoms with E-state index in [0.717, 1.165) is 6.29 Å². The molecule has 0 atom stereocenters. The SMILES string of the molecule is NCCOOCCC=O. The van der Waals surface area contributed by atoms with E-state index in [-0.39, 0.29) is 0 Å². The van der Waals surface area contributed by atoms with Crippen molar-refractivity contribution in [2.75, 3.05) is 19.8 Å². The van der Waals surface area contributed by atoms with E-state index < -0.39 is 0 Å². The summed E-state index contributed by atoms with van der Waals surface area (Å²) in [4.78, 5) is 18.7. The minimum absolute atomic E-state index is 0.309. The first-order chi connectivity index (χ1) is 4.41. The van der Waals surface area contributed by atoms with Gasteiger partial charge in [0.2, 0.25) is 0 Å². The third-order valence-electron chi connectivity index (χ3n) is 0.604. The molecule has 0 aliphatic carbocycles. The maximum absolute atomic E-state index is 9.68. The van der Waals surface area contributed by atoms with Gasteiger partial charge in [-0.1, -0.05) is 0 Å². The topological polar surface area (TPSA) is 61.6 Å². The van der Waals surface area contributed by atoms with Crippen molar-refractivity contribution < 1.29 is 14.6 Å². The average molecular weight is 133 g/mol. The Morgan fingerprint density at radius 1 is 1.33 bits per heavy atom. The van der Waals surface area contributed by atoms with Crippen LogP contribution in [0.15, 0.2) is 0 Å². The van der Waals surface area contributed by atoms with Gasteiger partial charge < -0.3 is 10.5 Å². The normalized spacial score (nSPS) is 9.44. The zero-order chi connectivity index (χ0) is 6.95. The molecule has 9 heavy (non-hydrogen) atoms. The maximum atomic E-state index is 9.68. The molecule has 0 amide bonds. The van der Waals surface area contributed by atoms with Crippen LogP contribution in [0.3, 0.4) is 0 Å². The molecule has 0 heterocycles. The highest BCUT2D eigenvalue weighted by Gasteiger charge is 1.84. The van der Waals surface area contributed by atoms with Crippen LogP contribution in [0.5, 0.6) is 0 Å². The molecule has 0 fully saturated rings. The number of carbonyl (C=O) groups excluding carboxylic acids is 1. The van der Waals surface area contributed by atoms with Gasteiger partial charge in [0.25, 0.3) is 0 Å². The quantitative estimate of drug-likeness (QED) is 0.229. The predicted octanol–water partition coefficient (Wildman–Crippen LogP) is -0.518. The van der Waals surface area contributed by atoms with Crippen molar-refractivity contribution >= 4 is 6.29 Å². The summed E-state index contributed by atoms with van der Waals surface area (Å²) in [6.45, 7) is 1.11. The second kappa shape index (κ2) is 7.55. The summed E-state index contributed by atoms with van der Waals surface area (Å²) in [6, 6.07) is 0. The zero-order valence-electron chi connectivity index (χ0n) is 5.21. The third kappa shape index (κ3) is 7.55. The Hall–Kier alpha value is -0.450. The Morgan fingerprint density at radius 2 is 2.00 bits per heavy atom. The van der Waals surface area contributed by atoms with Gasteiger partial charge >= 0.3 is 0 Å². The first-order valence-electron chi connectivity index (χ1n) is 2.80. The van der Waals surface area contributed by atoms with E-state index in [4.69, 9.17) is 5.73 Å². The molecule has 0 aromatic rings. The molecule has 0 aromatic carbocycles. The summed E-state index contributed by atoms with van der Waals surface area (Å²) >= 11 is 0. The van der Waals surface area contributed by atoms with E-state index in [9.17, 15) is 4.79 Å². The van der Waals surface area contributed by atoms with Gasteiger partial charge in [0.05, 0.1) is 13.2 Å². The van der Waals surface area contributed by atoms with Crippen LogP contribution in [-0.4, -0.2) is 26.0 Å². The molecular formula is C5H11NO3. The molecular weight excluding hydrogens is 122 g/mol. The largest absolute Gasteiger partial charge is 0.328 e. The van der Waals surface area contributed by atoms with Crippen molar-refractivity contribution in [3.63, 3.8) is 0 Å². The zero-order valence-corrected chi connectivity index (χ0v) is 5.21. The van der Waals surface area contributed by atoms with Gasteiger partial charge in [-0.25, -0.2) is 9.78 Å². The Bertz CT molecular complexity index is 67.2. The lowest BCUT2D eigenvalue weighted by Gasteiger charge is -1.97. The van der Waals surface area contributed by atoms with Crippen molar-refractivity contribution in [3.8, 4) is 0 Å². The van der Waals surface area contributed by atoms with Crippen LogP contribution < -0.4 is 5.73 Å². The molecule has 0 rings (SSSR count). The fourth-order valence-electron chi connectivity index (χ4n) is 0.262. The first kappa shape index (κ1) is 8.55. The lowest BCUT2D eigenvalue weighted by Crippen LogP contribution is -2.09.